The van der Waals surface area contributed by atoms with Crippen LogP contribution in [0.15, 0.2) is 0 Å². The highest BCUT2D eigenvalue weighted by Crippen LogP contribution is 2.04. The summed E-state index contributed by atoms with van der Waals surface area (Å²) in [6.45, 7) is 6.70. The Kier molecular flexibility index (Phi) is 4.95. The van der Waals surface area contributed by atoms with Gasteiger partial charge in [-0.25, -0.2) is 0 Å². The molecule has 0 aliphatic carbocycles. The van der Waals surface area contributed by atoms with Crippen LogP contribution in [0.5, 0.6) is 0 Å². The Morgan fingerprint density at radius 1 is 1.62 bits per heavy atom. The summed E-state index contributed by atoms with van der Waals surface area (Å²) in [5, 5.41) is 11.6. The molecular weight excluding hydrogens is 170 g/mol. The summed E-state index contributed by atoms with van der Waals surface area (Å²) < 4.78 is 5.17. The summed E-state index contributed by atoms with van der Waals surface area (Å²) >= 11 is 0. The molecule has 1 unspecified atom stereocenters. The van der Waals surface area contributed by atoms with Crippen LogP contribution < -0.4 is 5.32 Å². The van der Waals surface area contributed by atoms with E-state index in [9.17, 15) is 4.79 Å². The van der Waals surface area contributed by atoms with Gasteiger partial charge in [-0.1, -0.05) is 6.92 Å². The molecule has 4 nitrogen and oxygen atoms in total. The number of rotatable bonds is 6. The Morgan fingerprint density at radius 3 is 2.54 bits per heavy atom. The van der Waals surface area contributed by atoms with Gasteiger partial charge in [0.2, 0.25) is 0 Å². The molecule has 2 N–H and O–H groups in total. The van der Waals surface area contributed by atoms with Gasteiger partial charge in [0, 0.05) is 20.2 Å². The van der Waals surface area contributed by atoms with Gasteiger partial charge in [-0.3, -0.25) is 4.79 Å². The number of carboxylic acids is 1. The van der Waals surface area contributed by atoms with Gasteiger partial charge in [-0.2, -0.15) is 0 Å². The molecule has 13 heavy (non-hydrogen) atoms. The van der Waals surface area contributed by atoms with E-state index in [4.69, 9.17) is 9.84 Å². The van der Waals surface area contributed by atoms with Gasteiger partial charge in [-0.15, -0.1) is 0 Å². The third-order valence-electron chi connectivity index (χ3n) is 1.98. The van der Waals surface area contributed by atoms with Crippen LogP contribution in [0.25, 0.3) is 0 Å². The molecule has 0 rings (SSSR count). The number of hydrogen-bond acceptors (Lipinski definition) is 3. The number of aliphatic carboxylic acids is 1. The van der Waals surface area contributed by atoms with Crippen molar-refractivity contribution in [2.24, 2.45) is 5.92 Å². The van der Waals surface area contributed by atoms with E-state index in [-0.39, 0.29) is 11.5 Å². The van der Waals surface area contributed by atoms with Gasteiger partial charge in [0.25, 0.3) is 0 Å². The van der Waals surface area contributed by atoms with Gasteiger partial charge in [0.05, 0.1) is 11.5 Å². The van der Waals surface area contributed by atoms with Gasteiger partial charge in [0.1, 0.15) is 0 Å². The minimum Gasteiger partial charge on any atom is -0.481 e. The predicted octanol–water partition coefficient (Wildman–Crippen LogP) is 0.722. The van der Waals surface area contributed by atoms with Crippen molar-refractivity contribution in [3.05, 3.63) is 0 Å². The fourth-order valence-electron chi connectivity index (χ4n) is 0.749. The number of carboxylic acid groups (broad SMARTS) is 1. The van der Waals surface area contributed by atoms with Crippen molar-refractivity contribution in [2.75, 3.05) is 20.2 Å². The summed E-state index contributed by atoms with van der Waals surface area (Å²) in [7, 11) is 1.64. The van der Waals surface area contributed by atoms with Crippen molar-refractivity contribution in [3.8, 4) is 0 Å². The van der Waals surface area contributed by atoms with Crippen molar-refractivity contribution in [1.82, 2.24) is 5.32 Å². The van der Waals surface area contributed by atoms with E-state index in [1.807, 2.05) is 13.8 Å². The lowest BCUT2D eigenvalue weighted by Gasteiger charge is -2.23. The number of ether oxygens (including phenoxy) is 1. The van der Waals surface area contributed by atoms with Crippen molar-refractivity contribution >= 4 is 5.97 Å². The third kappa shape index (κ3) is 5.60. The topological polar surface area (TPSA) is 58.6 Å². The van der Waals surface area contributed by atoms with Crippen LogP contribution in [-0.2, 0) is 9.53 Å². The summed E-state index contributed by atoms with van der Waals surface area (Å²) in [4.78, 5) is 10.5. The van der Waals surface area contributed by atoms with E-state index in [2.05, 4.69) is 5.32 Å². The lowest BCUT2D eigenvalue weighted by Crippen LogP contribution is -2.39. The maximum atomic E-state index is 10.5. The number of nitrogens with one attached hydrogen (secondary N) is 1. The number of methoxy groups -OCH3 is 1. The average molecular weight is 189 g/mol. The molecule has 0 heterocycles. The largest absolute Gasteiger partial charge is 0.481 e. The quantitative estimate of drug-likeness (QED) is 0.646. The third-order valence-corrected chi connectivity index (χ3v) is 1.98. The molecule has 0 aromatic rings. The minimum absolute atomic E-state index is 0.238. The second kappa shape index (κ2) is 5.19. The Labute approximate surface area is 79.3 Å². The van der Waals surface area contributed by atoms with Crippen LogP contribution >= 0.6 is 0 Å². The Bertz CT molecular complexity index is 168. The average Bonchev–Trinajstić information content (AvgIpc) is 2.04. The highest BCUT2D eigenvalue weighted by atomic mass is 16.5. The zero-order valence-electron chi connectivity index (χ0n) is 8.76. The molecule has 0 amide bonds. The number of hydrogen-bond donors (Lipinski definition) is 2. The second-order valence-corrected chi connectivity index (χ2v) is 3.83. The van der Waals surface area contributed by atoms with E-state index in [1.54, 1.807) is 14.0 Å². The molecule has 0 aliphatic heterocycles. The maximum absolute atomic E-state index is 10.5. The Balaban J connectivity index is 3.62. The maximum Gasteiger partial charge on any atom is 0.307 e. The van der Waals surface area contributed by atoms with Crippen molar-refractivity contribution < 1.29 is 14.6 Å². The molecule has 0 saturated carbocycles. The van der Waals surface area contributed by atoms with Crippen LogP contribution in [0, 0.1) is 5.92 Å². The van der Waals surface area contributed by atoms with Crippen LogP contribution in [0.2, 0.25) is 0 Å². The molecule has 0 fully saturated rings. The molecule has 0 bridgehead atoms. The first-order chi connectivity index (χ1) is 5.89. The summed E-state index contributed by atoms with van der Waals surface area (Å²) in [6, 6.07) is 0. The lowest BCUT2D eigenvalue weighted by atomic mass is 10.1. The molecule has 0 radical (unpaired) electrons. The summed E-state index contributed by atoms with van der Waals surface area (Å²) in [5.74, 6) is -1.13. The lowest BCUT2D eigenvalue weighted by molar-refractivity contribution is -0.141. The Morgan fingerprint density at radius 2 is 2.15 bits per heavy atom. The smallest absolute Gasteiger partial charge is 0.307 e. The first-order valence-electron chi connectivity index (χ1n) is 4.38. The van der Waals surface area contributed by atoms with Crippen LogP contribution in [0.3, 0.4) is 0 Å². The highest BCUT2D eigenvalue weighted by Gasteiger charge is 2.17. The van der Waals surface area contributed by atoms with Crippen molar-refractivity contribution in [2.45, 2.75) is 26.4 Å². The molecule has 0 aromatic carbocycles. The second-order valence-electron chi connectivity index (χ2n) is 3.83. The van der Waals surface area contributed by atoms with Gasteiger partial charge >= 0.3 is 5.97 Å². The summed E-state index contributed by atoms with van der Waals surface area (Å²) in [5.41, 5.74) is -0.238. The molecule has 0 saturated heterocycles. The molecule has 0 aromatic heterocycles. The molecule has 78 valence electrons. The van der Waals surface area contributed by atoms with Crippen molar-refractivity contribution in [1.29, 1.82) is 0 Å². The van der Waals surface area contributed by atoms with Crippen LogP contribution in [0.1, 0.15) is 20.8 Å². The van der Waals surface area contributed by atoms with E-state index in [0.29, 0.717) is 13.1 Å². The van der Waals surface area contributed by atoms with Gasteiger partial charge in [0.15, 0.2) is 0 Å². The first-order valence-corrected chi connectivity index (χ1v) is 4.38. The fraction of sp³-hybridized carbons (Fsp3) is 0.889. The molecule has 1 atom stereocenters. The fourth-order valence-corrected chi connectivity index (χ4v) is 0.749. The van der Waals surface area contributed by atoms with E-state index >= 15 is 0 Å². The first kappa shape index (κ1) is 12.4. The summed E-state index contributed by atoms with van der Waals surface area (Å²) in [6.07, 6.45) is 0. The van der Waals surface area contributed by atoms with E-state index in [0.717, 1.165) is 0 Å². The molecule has 0 aliphatic rings. The minimum atomic E-state index is -0.775. The zero-order valence-corrected chi connectivity index (χ0v) is 8.76. The predicted molar refractivity (Wildman–Crippen MR) is 50.8 cm³/mol. The van der Waals surface area contributed by atoms with Crippen LogP contribution in [-0.4, -0.2) is 36.9 Å². The molecule has 4 heteroatoms. The van der Waals surface area contributed by atoms with Gasteiger partial charge < -0.3 is 15.2 Å². The molecular formula is C9H19NO3. The zero-order chi connectivity index (χ0) is 10.5. The van der Waals surface area contributed by atoms with Crippen molar-refractivity contribution in [3.63, 3.8) is 0 Å². The SMILES string of the molecule is COC(C)(C)CNCC(C)C(=O)O. The Hall–Kier alpha value is -0.610. The standard InChI is InChI=1S/C9H19NO3/c1-7(8(11)12)5-10-6-9(2,3)13-4/h7,10H,5-6H2,1-4H3,(H,11,12). The monoisotopic (exact) mass is 189 g/mol. The van der Waals surface area contributed by atoms with E-state index < -0.39 is 5.97 Å². The van der Waals surface area contributed by atoms with Crippen LogP contribution in [0.4, 0.5) is 0 Å². The highest BCUT2D eigenvalue weighted by molar-refractivity contribution is 5.69. The van der Waals surface area contributed by atoms with Gasteiger partial charge in [-0.05, 0) is 13.8 Å². The van der Waals surface area contributed by atoms with E-state index in [1.165, 1.54) is 0 Å². The molecule has 0 spiro atoms. The normalized spacial score (nSPS) is 14.2. The number of carbonyl (C=O) groups is 1.